The lowest BCUT2D eigenvalue weighted by Gasteiger charge is -2.41. The van der Waals surface area contributed by atoms with Gasteiger partial charge in [-0.15, -0.1) is 0 Å². The van der Waals surface area contributed by atoms with E-state index < -0.39 is 47.9 Å². The van der Waals surface area contributed by atoms with Crippen LogP contribution in [0.3, 0.4) is 0 Å². The van der Waals surface area contributed by atoms with Gasteiger partial charge in [0.15, 0.2) is 0 Å². The highest BCUT2D eigenvalue weighted by Gasteiger charge is 2.43. The number of fused-ring (bicyclic) bond motifs is 3. The number of piperidine rings is 9. The van der Waals surface area contributed by atoms with Gasteiger partial charge in [-0.1, -0.05) is 86.0 Å². The van der Waals surface area contributed by atoms with Gasteiger partial charge in [0.1, 0.15) is 29.7 Å². The summed E-state index contributed by atoms with van der Waals surface area (Å²) in [6.07, 6.45) is 22.1. The van der Waals surface area contributed by atoms with Crippen molar-refractivity contribution in [3.05, 3.63) is 144 Å². The van der Waals surface area contributed by atoms with E-state index in [-0.39, 0.29) is 116 Å². The molecule has 13 heterocycles. The Bertz CT molecular complexity index is 4980. The number of nitrogens with zero attached hydrogens (tertiary/aromatic N) is 12. The van der Waals surface area contributed by atoms with E-state index in [0.717, 1.165) is 117 Å². The Morgan fingerprint density at radius 2 is 0.754 bits per heavy atom. The van der Waals surface area contributed by atoms with Crippen molar-refractivity contribution in [2.45, 2.75) is 255 Å². The monoisotopic (exact) mass is 1910 g/mol. The molecule has 746 valence electrons. The number of amides is 17. The Kier molecular flexibility index (Phi) is 35.8. The zero-order valence-electron chi connectivity index (χ0n) is 80.3. The second kappa shape index (κ2) is 49.1. The minimum Gasteiger partial charge on any atom is -0.469 e. The fraction of sp³-hybridized carbons (Fsp3) is 0.598. The topological polar surface area (TPSA) is 379 Å². The first kappa shape index (κ1) is 101. The molecule has 9 fully saturated rings. The Morgan fingerprint density at radius 1 is 0.399 bits per heavy atom. The summed E-state index contributed by atoms with van der Waals surface area (Å²) in [7, 11) is 0. The van der Waals surface area contributed by atoms with Gasteiger partial charge in [0.2, 0.25) is 41.4 Å². The Hall–Kier alpha value is -11.9. The summed E-state index contributed by atoms with van der Waals surface area (Å²) < 4.78 is 24.6. The van der Waals surface area contributed by atoms with Crippen LogP contribution in [-0.2, 0) is 69.1 Å². The van der Waals surface area contributed by atoms with Crippen LogP contribution in [0.15, 0.2) is 120 Å². The summed E-state index contributed by atoms with van der Waals surface area (Å²) in [5.74, 6) is -2.56. The van der Waals surface area contributed by atoms with Gasteiger partial charge in [-0.25, -0.2) is 33.2 Å². The molecule has 4 aromatic carbocycles. The van der Waals surface area contributed by atoms with E-state index in [9.17, 15) is 66.7 Å². The van der Waals surface area contributed by atoms with Crippen molar-refractivity contribution in [1.82, 2.24) is 80.1 Å². The van der Waals surface area contributed by atoms with Gasteiger partial charge in [0.25, 0.3) is 0 Å². The minimum absolute atomic E-state index is 0.00804. The number of carbonyl (C=O) groups excluding carboxylic acids is 13. The molecule has 12 aliphatic heterocycles. The number of halogens is 1. The summed E-state index contributed by atoms with van der Waals surface area (Å²) >= 11 is 0. The highest BCUT2D eigenvalue weighted by atomic mass is 19.1. The second-order valence-corrected chi connectivity index (χ2v) is 38.9. The Labute approximate surface area is 808 Å². The summed E-state index contributed by atoms with van der Waals surface area (Å²) in [5, 5.41) is 22.2. The SMILES string of the molecule is CCOC(=O)C(C)NC(=O)N[C@H](CC(=O)N1CCC(N2Cc3ccccc3NC2=O)CC1)C(=O)N1CCC(N2CCCCC2)CC1.O=C(C[C@@H](CC(=O)N1CCC(N2Cc3ccccc3NC2=O)CC1)C(=O)N1CCC(N2CCCCC2)CC1)NCCc1ccco1.O=C(Nc1ccccc1F)N[C@@H](CC(=O)N1CCC(N2Cc3ccccc3NC2=O)CC1)C(=O)N1CCC(N2CCCCC2)CC1. The lowest BCUT2D eigenvalue weighted by atomic mass is 9.94. The van der Waals surface area contributed by atoms with Crippen LogP contribution in [0.1, 0.15) is 197 Å². The fourth-order valence-electron chi connectivity index (χ4n) is 22.0. The number of hydrogen-bond donors (Lipinski definition) is 8. The molecular weight excluding hydrogens is 1760 g/mol. The predicted molar refractivity (Wildman–Crippen MR) is 518 cm³/mol. The second-order valence-electron chi connectivity index (χ2n) is 38.9. The van der Waals surface area contributed by atoms with Gasteiger partial charge >= 0.3 is 36.1 Å². The molecule has 17 amide bonds. The molecule has 9 saturated heterocycles. The molecule has 17 rings (SSSR count). The largest absolute Gasteiger partial charge is 0.469 e. The highest BCUT2D eigenvalue weighted by Crippen LogP contribution is 2.35. The van der Waals surface area contributed by atoms with Crippen molar-refractivity contribution in [1.29, 1.82) is 0 Å². The van der Waals surface area contributed by atoms with Crippen molar-refractivity contribution in [3.8, 4) is 0 Å². The van der Waals surface area contributed by atoms with Gasteiger partial charge in [-0.3, -0.25) is 33.6 Å². The van der Waals surface area contributed by atoms with Crippen molar-refractivity contribution in [3.63, 3.8) is 0 Å². The molecule has 36 heteroatoms. The number of benzene rings is 4. The van der Waals surface area contributed by atoms with Crippen molar-refractivity contribution in [2.24, 2.45) is 5.92 Å². The third-order valence-electron chi connectivity index (χ3n) is 30.0. The van der Waals surface area contributed by atoms with Gasteiger partial charge in [-0.05, 0) is 228 Å². The number of esters is 1. The minimum atomic E-state index is -1.09. The molecule has 1 aromatic heterocycles. The maximum Gasteiger partial charge on any atom is 0.328 e. The van der Waals surface area contributed by atoms with Crippen LogP contribution in [0.5, 0.6) is 0 Å². The van der Waals surface area contributed by atoms with Gasteiger partial charge in [-0.2, -0.15) is 0 Å². The molecule has 1 unspecified atom stereocenters. The molecule has 12 aliphatic rings. The predicted octanol–water partition coefficient (Wildman–Crippen LogP) is 10.6. The molecular formula is C102H141FN20O15. The lowest BCUT2D eigenvalue weighted by Crippen LogP contribution is -2.57. The zero-order chi connectivity index (χ0) is 96.6. The van der Waals surface area contributed by atoms with Crippen molar-refractivity contribution >= 4 is 100 Å². The standard InChI is InChI=1S/C35H48N6O5.C34H44FN7O4.C33H49N7O6/c42-32(36-15-10-30-8-6-22-46-30)23-27(34(44)40-20-11-28(12-21-40)38-16-4-1-5-17-38)24-33(43)39-18-13-29(14-19-39)41-25-26-7-2-3-9-31(26)37-35(41)45;35-27-9-3-5-11-29(27)36-33(45)37-30(32(44)41-20-12-25(13-21-41)39-16-6-1-7-17-39)22-31(43)40-18-14-26(15-19-40)42-23-24-8-2-4-10-28(24)38-34(42)46;1-3-46-31(43)23(2)34-32(44)35-28(30(42)39-19-11-25(12-20-39)37-15-7-4-8-16-37)21-29(41)38-17-13-26(14-18-38)40-22-24-9-5-6-10-27(24)36-33(40)45/h2-3,6-9,22,27-29H,1,4-5,10-21,23-25H2,(H,36,42)(H,37,45);2-5,8-11,25-26,30H,1,6-7,12-23H2,(H,38,46)(H2,36,37,45);5-6,9-10,23,25-26,28H,3-4,7-8,11-22H2,1-2H3,(H,36,45)(H2,34,35,44)/t27-;30-;23?,28-/m001/s1. The molecule has 0 radical (unpaired) electrons. The van der Waals surface area contributed by atoms with Crippen LogP contribution in [-0.4, -0.2) is 322 Å². The molecule has 138 heavy (non-hydrogen) atoms. The number of nitrogens with one attached hydrogen (secondary N) is 8. The first-order valence-electron chi connectivity index (χ1n) is 50.8. The number of likely N-dealkylation sites (tertiary alicyclic amines) is 9. The smallest absolute Gasteiger partial charge is 0.328 e. The summed E-state index contributed by atoms with van der Waals surface area (Å²) in [6.45, 7) is 18.5. The summed E-state index contributed by atoms with van der Waals surface area (Å²) in [5.41, 5.74) is 5.71. The maximum absolute atomic E-state index is 14.2. The lowest BCUT2D eigenvalue weighted by molar-refractivity contribution is -0.145. The number of para-hydroxylation sites is 4. The maximum atomic E-state index is 14.2. The van der Waals surface area contributed by atoms with E-state index in [1.54, 1.807) is 38.9 Å². The average molecular weight is 1910 g/mol. The summed E-state index contributed by atoms with van der Waals surface area (Å²) in [6, 6.07) is 29.3. The quantitative estimate of drug-likeness (QED) is 0.0238. The third-order valence-corrected chi connectivity index (χ3v) is 30.0. The van der Waals surface area contributed by atoms with E-state index in [0.29, 0.717) is 168 Å². The highest BCUT2D eigenvalue weighted by molar-refractivity contribution is 5.98. The molecule has 8 N–H and O–H groups in total. The zero-order valence-corrected chi connectivity index (χ0v) is 80.3. The molecule has 4 atom stereocenters. The Balaban J connectivity index is 0.000000157. The normalized spacial score (nSPS) is 20.7. The van der Waals surface area contributed by atoms with Crippen LogP contribution in [0.25, 0.3) is 0 Å². The number of ether oxygens (including phenoxy) is 1. The van der Waals surface area contributed by atoms with E-state index in [4.69, 9.17) is 9.15 Å². The summed E-state index contributed by atoms with van der Waals surface area (Å²) in [4.78, 5) is 196. The number of urea groups is 5. The Morgan fingerprint density at radius 3 is 1.14 bits per heavy atom. The first-order chi connectivity index (χ1) is 67.0. The van der Waals surface area contributed by atoms with Gasteiger partial charge in [0, 0.05) is 177 Å². The van der Waals surface area contributed by atoms with E-state index in [1.165, 1.54) is 82.9 Å². The number of carbonyl (C=O) groups is 13. The first-order valence-corrected chi connectivity index (χ1v) is 50.8. The number of anilines is 4. The molecule has 0 spiro atoms. The number of hydrogen-bond acceptors (Lipinski definition) is 18. The van der Waals surface area contributed by atoms with Crippen molar-refractivity contribution < 1.29 is 75.9 Å². The fourth-order valence-corrected chi connectivity index (χ4v) is 22.0. The van der Waals surface area contributed by atoms with Crippen molar-refractivity contribution in [2.75, 3.05) is 152 Å². The van der Waals surface area contributed by atoms with Crippen LogP contribution in [0.2, 0.25) is 0 Å². The van der Waals surface area contributed by atoms with Crippen LogP contribution in [0, 0.1) is 11.7 Å². The molecule has 35 nitrogen and oxygen atoms in total. The number of rotatable bonds is 26. The molecule has 0 bridgehead atoms. The molecule has 0 saturated carbocycles. The van der Waals surface area contributed by atoms with Crippen LogP contribution < -0.4 is 42.5 Å². The van der Waals surface area contributed by atoms with Crippen LogP contribution in [0.4, 0.5) is 51.1 Å². The average Bonchev–Trinajstić information content (AvgIpc) is 1.04. The molecule has 5 aromatic rings. The van der Waals surface area contributed by atoms with Gasteiger partial charge < -0.3 is 110 Å². The molecule has 0 aliphatic carbocycles. The van der Waals surface area contributed by atoms with Gasteiger partial charge in [0.05, 0.1) is 37.3 Å². The van der Waals surface area contributed by atoms with E-state index in [1.807, 2.05) is 109 Å². The third kappa shape index (κ3) is 27.0. The van der Waals surface area contributed by atoms with E-state index in [2.05, 4.69) is 57.2 Å². The van der Waals surface area contributed by atoms with E-state index >= 15 is 0 Å². The van der Waals surface area contributed by atoms with Crippen LogP contribution >= 0.6 is 0 Å². The number of furan rings is 1.